The van der Waals surface area contributed by atoms with Crippen LogP contribution in [-0.2, 0) is 6.54 Å². The Labute approximate surface area is 126 Å². The van der Waals surface area contributed by atoms with E-state index in [9.17, 15) is 15.0 Å². The third-order valence-corrected chi connectivity index (χ3v) is 3.93. The molecule has 1 aliphatic rings. The number of hydrogen-bond acceptors (Lipinski definition) is 4. The van der Waals surface area contributed by atoms with Gasteiger partial charge in [0.1, 0.15) is 6.61 Å². The van der Waals surface area contributed by atoms with E-state index in [0.717, 1.165) is 0 Å². The van der Waals surface area contributed by atoms with Gasteiger partial charge in [0.2, 0.25) is 5.88 Å². The summed E-state index contributed by atoms with van der Waals surface area (Å²) in [6.07, 6.45) is 0. The molecule has 0 spiro atoms. The summed E-state index contributed by atoms with van der Waals surface area (Å²) in [6, 6.07) is 11.8. The predicted molar refractivity (Wildman–Crippen MR) is 80.6 cm³/mol. The average molecular weight is 295 g/mol. The maximum atomic E-state index is 12.8. The van der Waals surface area contributed by atoms with Gasteiger partial charge in [-0.3, -0.25) is 4.79 Å². The second kappa shape index (κ2) is 4.53. The summed E-state index contributed by atoms with van der Waals surface area (Å²) in [5.41, 5.74) is 1.66. The molecule has 0 saturated carbocycles. The van der Waals surface area contributed by atoms with Gasteiger partial charge in [0, 0.05) is 17.0 Å². The predicted octanol–water partition coefficient (Wildman–Crippen LogP) is 2.68. The summed E-state index contributed by atoms with van der Waals surface area (Å²) >= 11 is 0. The molecule has 5 heteroatoms. The fourth-order valence-electron chi connectivity index (χ4n) is 2.91. The number of ketones is 1. The van der Waals surface area contributed by atoms with Gasteiger partial charge in [-0.15, -0.1) is 0 Å². The topological polar surface area (TPSA) is 71.7 Å². The van der Waals surface area contributed by atoms with E-state index in [1.165, 1.54) is 12.1 Å². The van der Waals surface area contributed by atoms with Crippen LogP contribution in [0, 0.1) is 0 Å². The maximum Gasteiger partial charge on any atom is 0.206 e. The highest BCUT2D eigenvalue weighted by Crippen LogP contribution is 2.41. The molecule has 2 N–H and O–H groups in total. The quantitative estimate of drug-likeness (QED) is 0.563. The molecular formula is C17H13NO4. The minimum Gasteiger partial charge on any atom is -0.504 e. The Morgan fingerprint density at radius 1 is 1.09 bits per heavy atom. The van der Waals surface area contributed by atoms with Gasteiger partial charge in [-0.05, 0) is 6.07 Å². The Morgan fingerprint density at radius 3 is 2.59 bits per heavy atom. The van der Waals surface area contributed by atoms with Gasteiger partial charge in [-0.2, -0.15) is 0 Å². The van der Waals surface area contributed by atoms with Crippen LogP contribution in [0.3, 0.4) is 0 Å². The summed E-state index contributed by atoms with van der Waals surface area (Å²) in [5.74, 6) is -0.127. The van der Waals surface area contributed by atoms with Gasteiger partial charge >= 0.3 is 0 Å². The summed E-state index contributed by atoms with van der Waals surface area (Å²) in [4.78, 5) is 12.8. The van der Waals surface area contributed by atoms with Gasteiger partial charge < -0.3 is 19.5 Å². The molecule has 0 fully saturated rings. The van der Waals surface area contributed by atoms with E-state index < -0.39 is 0 Å². The number of carbonyl (C=O) groups is 1. The zero-order valence-corrected chi connectivity index (χ0v) is 11.6. The molecule has 0 bridgehead atoms. The number of benzene rings is 2. The number of aromatic nitrogens is 1. The number of phenols is 2. The standard InChI is InChI=1S/C17H13NO4/c19-13-8-11-12(9-14(13)20)18-6-7-22-17(18)15(11)16(21)10-4-2-1-3-5-10/h1-5,8-9,19-20H,6-7H2. The number of ether oxygens (including phenoxy) is 1. The van der Waals surface area contributed by atoms with Crippen LogP contribution in [0.25, 0.3) is 10.9 Å². The Bertz CT molecular complexity index is 896. The minimum absolute atomic E-state index is 0.161. The SMILES string of the molecule is O=C(c1ccccc1)c1c2n(c3cc(O)c(O)cc13)CCO2. The fourth-order valence-corrected chi connectivity index (χ4v) is 2.91. The molecule has 2 heterocycles. The van der Waals surface area contributed by atoms with Gasteiger partial charge in [-0.1, -0.05) is 30.3 Å². The highest BCUT2D eigenvalue weighted by atomic mass is 16.5. The van der Waals surface area contributed by atoms with E-state index in [-0.39, 0.29) is 17.3 Å². The fraction of sp³-hybridized carbons (Fsp3) is 0.118. The molecule has 3 aromatic rings. The molecule has 0 unspecified atom stereocenters. The first-order valence-electron chi connectivity index (χ1n) is 6.97. The number of aromatic hydroxyl groups is 2. The number of nitrogens with zero attached hydrogens (tertiary/aromatic N) is 1. The minimum atomic E-state index is -0.251. The van der Waals surface area contributed by atoms with Crippen LogP contribution in [0.4, 0.5) is 0 Å². The molecule has 22 heavy (non-hydrogen) atoms. The maximum absolute atomic E-state index is 12.8. The molecular weight excluding hydrogens is 282 g/mol. The Hall–Kier alpha value is -2.95. The van der Waals surface area contributed by atoms with Crippen LogP contribution in [0.15, 0.2) is 42.5 Å². The van der Waals surface area contributed by atoms with Gasteiger partial charge in [0.15, 0.2) is 17.3 Å². The lowest BCUT2D eigenvalue weighted by Crippen LogP contribution is -2.02. The van der Waals surface area contributed by atoms with Crippen molar-refractivity contribution in [2.24, 2.45) is 0 Å². The van der Waals surface area contributed by atoms with E-state index in [1.54, 1.807) is 24.3 Å². The number of fused-ring (bicyclic) bond motifs is 3. The molecule has 0 saturated heterocycles. The van der Waals surface area contributed by atoms with Crippen LogP contribution < -0.4 is 4.74 Å². The average Bonchev–Trinajstić information content (AvgIpc) is 3.10. The molecule has 0 amide bonds. The first-order valence-corrected chi connectivity index (χ1v) is 6.97. The monoisotopic (exact) mass is 295 g/mol. The molecule has 0 atom stereocenters. The van der Waals surface area contributed by atoms with Crippen LogP contribution in [0.1, 0.15) is 15.9 Å². The lowest BCUT2D eigenvalue weighted by Gasteiger charge is -2.03. The van der Waals surface area contributed by atoms with Crippen LogP contribution in [0.2, 0.25) is 0 Å². The largest absolute Gasteiger partial charge is 0.504 e. The summed E-state index contributed by atoms with van der Waals surface area (Å²) < 4.78 is 7.47. The number of rotatable bonds is 2. The van der Waals surface area contributed by atoms with Crippen molar-refractivity contribution < 1.29 is 19.7 Å². The normalized spacial score (nSPS) is 13.1. The molecule has 5 nitrogen and oxygen atoms in total. The molecule has 0 aliphatic carbocycles. The highest BCUT2D eigenvalue weighted by molar-refractivity contribution is 6.19. The molecule has 4 rings (SSSR count). The summed E-state index contributed by atoms with van der Waals surface area (Å²) in [7, 11) is 0. The van der Waals surface area contributed by atoms with Crippen molar-refractivity contribution in [3.8, 4) is 17.4 Å². The van der Waals surface area contributed by atoms with E-state index in [4.69, 9.17) is 4.74 Å². The zero-order chi connectivity index (χ0) is 15.3. The van der Waals surface area contributed by atoms with E-state index in [2.05, 4.69) is 0 Å². The lowest BCUT2D eigenvalue weighted by molar-refractivity contribution is 0.103. The smallest absolute Gasteiger partial charge is 0.206 e. The second-order valence-electron chi connectivity index (χ2n) is 5.23. The van der Waals surface area contributed by atoms with Crippen LogP contribution in [0.5, 0.6) is 17.4 Å². The van der Waals surface area contributed by atoms with Crippen molar-refractivity contribution in [1.29, 1.82) is 0 Å². The Kier molecular flexibility index (Phi) is 2.63. The van der Waals surface area contributed by atoms with E-state index in [1.807, 2.05) is 10.6 Å². The first kappa shape index (κ1) is 12.8. The summed E-state index contributed by atoms with van der Waals surface area (Å²) in [6.45, 7) is 1.10. The molecule has 110 valence electrons. The first-order chi connectivity index (χ1) is 10.7. The van der Waals surface area contributed by atoms with Crippen LogP contribution in [-0.4, -0.2) is 27.2 Å². The van der Waals surface area contributed by atoms with Crippen molar-refractivity contribution in [2.45, 2.75) is 6.54 Å². The van der Waals surface area contributed by atoms with Crippen LogP contribution >= 0.6 is 0 Å². The third kappa shape index (κ3) is 1.69. The Balaban J connectivity index is 2.01. The van der Waals surface area contributed by atoms with E-state index >= 15 is 0 Å². The molecule has 0 radical (unpaired) electrons. The summed E-state index contributed by atoms with van der Waals surface area (Å²) in [5, 5.41) is 20.1. The van der Waals surface area contributed by atoms with Crippen molar-refractivity contribution in [3.05, 3.63) is 53.6 Å². The molecule has 2 aromatic carbocycles. The Morgan fingerprint density at radius 2 is 1.82 bits per heavy atom. The van der Waals surface area contributed by atoms with Crippen molar-refractivity contribution in [2.75, 3.05) is 6.61 Å². The zero-order valence-electron chi connectivity index (χ0n) is 11.6. The van der Waals surface area contributed by atoms with E-state index in [0.29, 0.717) is 41.1 Å². The van der Waals surface area contributed by atoms with Gasteiger partial charge in [-0.25, -0.2) is 0 Å². The highest BCUT2D eigenvalue weighted by Gasteiger charge is 2.28. The number of carbonyl (C=O) groups excluding carboxylic acids is 1. The van der Waals surface area contributed by atoms with Crippen molar-refractivity contribution in [3.63, 3.8) is 0 Å². The van der Waals surface area contributed by atoms with Crippen molar-refractivity contribution >= 4 is 16.7 Å². The second-order valence-corrected chi connectivity index (χ2v) is 5.23. The molecule has 1 aliphatic heterocycles. The molecule has 1 aromatic heterocycles. The number of hydrogen-bond donors (Lipinski definition) is 2. The van der Waals surface area contributed by atoms with Gasteiger partial charge in [0.25, 0.3) is 0 Å². The lowest BCUT2D eigenvalue weighted by atomic mass is 10.0. The number of phenolic OH excluding ortho intramolecular Hbond substituents is 2. The van der Waals surface area contributed by atoms with Gasteiger partial charge in [0.05, 0.1) is 17.6 Å². The van der Waals surface area contributed by atoms with Crippen molar-refractivity contribution in [1.82, 2.24) is 4.57 Å². The third-order valence-electron chi connectivity index (χ3n) is 3.93.